The van der Waals surface area contributed by atoms with Gasteiger partial charge in [0, 0.05) is 0 Å². The summed E-state index contributed by atoms with van der Waals surface area (Å²) in [6.07, 6.45) is -3.27. The van der Waals surface area contributed by atoms with Crippen LogP contribution in [0.4, 0.5) is 13.2 Å². The van der Waals surface area contributed by atoms with Gasteiger partial charge in [0.2, 0.25) is 5.91 Å². The minimum atomic E-state index is -4.46. The van der Waals surface area contributed by atoms with Gasteiger partial charge in [-0.25, -0.2) is 5.43 Å². The van der Waals surface area contributed by atoms with E-state index >= 15 is 0 Å². The van der Waals surface area contributed by atoms with Crippen LogP contribution in [-0.2, 0) is 24.0 Å². The van der Waals surface area contributed by atoms with Crippen molar-refractivity contribution >= 4 is 12.1 Å². The van der Waals surface area contributed by atoms with E-state index < -0.39 is 17.6 Å². The quantitative estimate of drug-likeness (QED) is 0.395. The van der Waals surface area contributed by atoms with E-state index in [0.29, 0.717) is 23.7 Å². The number of carbonyl (C=O) groups is 1. The first-order valence-corrected chi connectivity index (χ1v) is 9.68. The van der Waals surface area contributed by atoms with Crippen molar-refractivity contribution in [2.24, 2.45) is 5.10 Å². The lowest BCUT2D eigenvalue weighted by Crippen LogP contribution is -2.20. The second kappa shape index (κ2) is 10.5. The molecule has 32 heavy (non-hydrogen) atoms. The number of alkyl halides is 3. The van der Waals surface area contributed by atoms with Crippen molar-refractivity contribution in [1.82, 2.24) is 5.43 Å². The van der Waals surface area contributed by atoms with Crippen LogP contribution in [-0.4, -0.2) is 19.2 Å². The van der Waals surface area contributed by atoms with Gasteiger partial charge in [0.1, 0.15) is 6.61 Å². The molecule has 0 fully saturated rings. The zero-order valence-corrected chi connectivity index (χ0v) is 17.2. The Balaban J connectivity index is 1.57. The number of methoxy groups -OCH3 is 1. The van der Waals surface area contributed by atoms with Gasteiger partial charge in [-0.05, 0) is 41.0 Å². The molecule has 0 aliphatic heterocycles. The third kappa shape index (κ3) is 6.60. The molecule has 0 bridgehead atoms. The fraction of sp³-hybridized carbons (Fsp3) is 0.167. The zero-order chi connectivity index (χ0) is 23.0. The third-order valence-corrected chi connectivity index (χ3v) is 4.45. The van der Waals surface area contributed by atoms with Crippen LogP contribution in [0.3, 0.4) is 0 Å². The molecule has 0 aromatic heterocycles. The minimum Gasteiger partial charge on any atom is -0.493 e. The first-order valence-electron chi connectivity index (χ1n) is 9.68. The Labute approximate surface area is 183 Å². The molecule has 3 aromatic rings. The second-order valence-electron chi connectivity index (χ2n) is 6.85. The lowest BCUT2D eigenvalue weighted by atomic mass is 10.1. The monoisotopic (exact) mass is 442 g/mol. The van der Waals surface area contributed by atoms with Crippen molar-refractivity contribution in [2.45, 2.75) is 19.2 Å². The molecule has 3 aromatic carbocycles. The Kier molecular flexibility index (Phi) is 7.49. The molecule has 0 aliphatic rings. The fourth-order valence-corrected chi connectivity index (χ4v) is 2.88. The highest BCUT2D eigenvalue weighted by Gasteiger charge is 2.30. The maximum absolute atomic E-state index is 12.8. The van der Waals surface area contributed by atoms with Crippen LogP contribution in [0, 0.1) is 0 Å². The first-order chi connectivity index (χ1) is 15.3. The average molecular weight is 442 g/mol. The Hall–Kier alpha value is -3.81. The summed E-state index contributed by atoms with van der Waals surface area (Å²) in [6, 6.07) is 19.5. The number of nitrogens with one attached hydrogen (secondary N) is 1. The highest BCUT2D eigenvalue weighted by atomic mass is 19.4. The van der Waals surface area contributed by atoms with Gasteiger partial charge >= 0.3 is 6.18 Å². The summed E-state index contributed by atoms with van der Waals surface area (Å²) in [5.74, 6) is 0.526. The normalized spacial score (nSPS) is 11.4. The maximum atomic E-state index is 12.8. The molecular formula is C24H21F3N2O3. The Morgan fingerprint density at radius 3 is 2.44 bits per heavy atom. The number of rotatable bonds is 8. The predicted molar refractivity (Wildman–Crippen MR) is 115 cm³/mol. The van der Waals surface area contributed by atoms with Crippen molar-refractivity contribution in [3.8, 4) is 11.5 Å². The van der Waals surface area contributed by atoms with Gasteiger partial charge in [0.15, 0.2) is 11.5 Å². The van der Waals surface area contributed by atoms with Crippen molar-refractivity contribution < 1.29 is 27.4 Å². The number of benzene rings is 3. The van der Waals surface area contributed by atoms with Crippen LogP contribution in [0.25, 0.3) is 0 Å². The van der Waals surface area contributed by atoms with Gasteiger partial charge in [-0.1, -0.05) is 48.5 Å². The van der Waals surface area contributed by atoms with Crippen LogP contribution < -0.4 is 14.9 Å². The third-order valence-electron chi connectivity index (χ3n) is 4.45. The number of hydrazone groups is 1. The Morgan fingerprint density at radius 1 is 0.969 bits per heavy atom. The molecule has 0 radical (unpaired) electrons. The molecular weight excluding hydrogens is 421 g/mol. The molecule has 0 saturated heterocycles. The van der Waals surface area contributed by atoms with E-state index in [2.05, 4.69) is 10.5 Å². The number of nitrogens with zero attached hydrogens (tertiary/aromatic N) is 1. The van der Waals surface area contributed by atoms with Crippen molar-refractivity contribution in [1.29, 1.82) is 0 Å². The Morgan fingerprint density at radius 2 is 1.72 bits per heavy atom. The van der Waals surface area contributed by atoms with Crippen molar-refractivity contribution in [3.63, 3.8) is 0 Å². The molecule has 166 valence electrons. The summed E-state index contributed by atoms with van der Waals surface area (Å²) >= 11 is 0. The summed E-state index contributed by atoms with van der Waals surface area (Å²) in [6.45, 7) is 0.385. The topological polar surface area (TPSA) is 59.9 Å². The SMILES string of the molecule is COc1cc(C=NNC(=O)Cc2cccc(C(F)(F)F)c2)ccc1OCc1ccccc1. The predicted octanol–water partition coefficient (Wildman–Crippen LogP) is 4.99. The van der Waals surface area contributed by atoms with Gasteiger partial charge in [-0.15, -0.1) is 0 Å². The molecule has 0 spiro atoms. The lowest BCUT2D eigenvalue weighted by Gasteiger charge is -2.11. The van der Waals surface area contributed by atoms with E-state index in [9.17, 15) is 18.0 Å². The standard InChI is InChI=1S/C24H21F3N2O3/c1-31-22-13-19(10-11-21(22)32-16-17-6-3-2-4-7-17)15-28-29-23(30)14-18-8-5-9-20(12-18)24(25,26)27/h2-13,15H,14,16H2,1H3,(H,29,30). The van der Waals surface area contributed by atoms with Gasteiger partial charge in [0.05, 0.1) is 25.3 Å². The van der Waals surface area contributed by atoms with Crippen LogP contribution in [0.2, 0.25) is 0 Å². The molecule has 0 atom stereocenters. The van der Waals surface area contributed by atoms with Gasteiger partial charge in [-0.2, -0.15) is 18.3 Å². The molecule has 8 heteroatoms. The number of hydrogen-bond donors (Lipinski definition) is 1. The summed E-state index contributed by atoms with van der Waals surface area (Å²) in [5.41, 5.74) is 3.42. The fourth-order valence-electron chi connectivity index (χ4n) is 2.88. The van der Waals surface area contributed by atoms with Crippen LogP contribution in [0.1, 0.15) is 22.3 Å². The molecule has 1 amide bonds. The minimum absolute atomic E-state index is 0.225. The number of ether oxygens (including phenoxy) is 2. The molecule has 0 unspecified atom stereocenters. The van der Waals surface area contributed by atoms with Crippen LogP contribution >= 0.6 is 0 Å². The number of halogens is 3. The van der Waals surface area contributed by atoms with E-state index in [1.54, 1.807) is 18.2 Å². The van der Waals surface area contributed by atoms with E-state index in [0.717, 1.165) is 17.7 Å². The Bertz CT molecular complexity index is 1080. The number of amides is 1. The molecule has 0 saturated carbocycles. The first kappa shape index (κ1) is 22.9. The van der Waals surface area contributed by atoms with E-state index in [1.165, 1.54) is 25.5 Å². The van der Waals surface area contributed by atoms with Gasteiger partial charge in [0.25, 0.3) is 0 Å². The summed E-state index contributed by atoms with van der Waals surface area (Å²) < 4.78 is 49.5. The second-order valence-corrected chi connectivity index (χ2v) is 6.85. The molecule has 1 N–H and O–H groups in total. The van der Waals surface area contributed by atoms with Crippen molar-refractivity contribution in [2.75, 3.05) is 7.11 Å². The summed E-state index contributed by atoms with van der Waals surface area (Å²) in [5, 5.41) is 3.86. The highest BCUT2D eigenvalue weighted by Crippen LogP contribution is 2.30. The summed E-state index contributed by atoms with van der Waals surface area (Å²) in [7, 11) is 1.52. The van der Waals surface area contributed by atoms with Crippen LogP contribution in [0.15, 0.2) is 77.9 Å². The largest absolute Gasteiger partial charge is 0.493 e. The molecule has 0 heterocycles. The highest BCUT2D eigenvalue weighted by molar-refractivity contribution is 5.84. The smallest absolute Gasteiger partial charge is 0.416 e. The lowest BCUT2D eigenvalue weighted by molar-refractivity contribution is -0.137. The number of hydrogen-bond acceptors (Lipinski definition) is 4. The maximum Gasteiger partial charge on any atom is 0.416 e. The van der Waals surface area contributed by atoms with E-state index in [4.69, 9.17) is 9.47 Å². The van der Waals surface area contributed by atoms with Gasteiger partial charge in [-0.3, -0.25) is 4.79 Å². The average Bonchev–Trinajstić information content (AvgIpc) is 2.78. The van der Waals surface area contributed by atoms with E-state index in [-0.39, 0.29) is 12.0 Å². The molecule has 5 nitrogen and oxygen atoms in total. The molecule has 0 aliphatic carbocycles. The van der Waals surface area contributed by atoms with Crippen LogP contribution in [0.5, 0.6) is 11.5 Å². The van der Waals surface area contributed by atoms with Gasteiger partial charge < -0.3 is 9.47 Å². The number of carbonyl (C=O) groups excluding carboxylic acids is 1. The molecule has 3 rings (SSSR count). The summed E-state index contributed by atoms with van der Waals surface area (Å²) in [4.78, 5) is 12.0. The van der Waals surface area contributed by atoms with E-state index in [1.807, 2.05) is 30.3 Å². The van der Waals surface area contributed by atoms with Crippen molar-refractivity contribution in [3.05, 3.63) is 95.1 Å². The zero-order valence-electron chi connectivity index (χ0n) is 17.2.